The van der Waals surface area contributed by atoms with Crippen molar-refractivity contribution in [2.45, 2.75) is 13.3 Å². The molecule has 136 valence electrons. The molecule has 6 heteroatoms. The van der Waals surface area contributed by atoms with Gasteiger partial charge in [0.05, 0.1) is 17.5 Å². The van der Waals surface area contributed by atoms with Crippen LogP contribution in [0.3, 0.4) is 0 Å². The number of hydrogen-bond acceptors (Lipinski definition) is 3. The molecule has 1 N–H and O–H groups in total. The molecule has 4 aromatic rings. The number of para-hydroxylation sites is 1. The predicted octanol–water partition coefficient (Wildman–Crippen LogP) is 4.51. The predicted molar refractivity (Wildman–Crippen MR) is 106 cm³/mol. The minimum absolute atomic E-state index is 0.199. The summed E-state index contributed by atoms with van der Waals surface area (Å²) in [5.74, 6) is -0.574. The van der Waals surface area contributed by atoms with Crippen molar-refractivity contribution in [1.29, 1.82) is 0 Å². The molecule has 0 spiro atoms. The van der Waals surface area contributed by atoms with Crippen LogP contribution in [0.15, 0.2) is 60.1 Å². The largest absolute Gasteiger partial charge is 0.352 e. The van der Waals surface area contributed by atoms with Crippen LogP contribution >= 0.6 is 11.3 Å². The average Bonchev–Trinajstić information content (AvgIpc) is 3.26. The summed E-state index contributed by atoms with van der Waals surface area (Å²) in [5.41, 5.74) is 2.63. The van der Waals surface area contributed by atoms with Gasteiger partial charge in [-0.25, -0.2) is 9.07 Å². The van der Waals surface area contributed by atoms with Gasteiger partial charge >= 0.3 is 0 Å². The second-order valence-electron chi connectivity index (χ2n) is 6.27. The van der Waals surface area contributed by atoms with Crippen LogP contribution in [-0.2, 0) is 6.42 Å². The number of nitrogens with one attached hydrogen (secondary N) is 1. The van der Waals surface area contributed by atoms with Gasteiger partial charge in [0.1, 0.15) is 11.5 Å². The third kappa shape index (κ3) is 3.36. The Kier molecular flexibility index (Phi) is 4.73. The third-order valence-electron chi connectivity index (χ3n) is 4.58. The maximum absolute atomic E-state index is 14.0. The zero-order valence-corrected chi connectivity index (χ0v) is 15.6. The molecule has 0 bridgehead atoms. The second-order valence-corrected chi connectivity index (χ2v) is 7.18. The molecule has 0 atom stereocenters. The number of aromatic nitrogens is 2. The van der Waals surface area contributed by atoms with Gasteiger partial charge in [-0.3, -0.25) is 4.79 Å². The highest BCUT2D eigenvalue weighted by Gasteiger charge is 2.16. The van der Waals surface area contributed by atoms with Crippen molar-refractivity contribution in [1.82, 2.24) is 15.1 Å². The molecule has 2 heterocycles. The molecule has 0 aliphatic heterocycles. The van der Waals surface area contributed by atoms with Crippen molar-refractivity contribution in [3.05, 3.63) is 82.7 Å². The molecule has 4 rings (SSSR count). The number of thiophene rings is 1. The average molecular weight is 379 g/mol. The van der Waals surface area contributed by atoms with Gasteiger partial charge in [-0.1, -0.05) is 30.3 Å². The topological polar surface area (TPSA) is 46.9 Å². The van der Waals surface area contributed by atoms with Gasteiger partial charge in [-0.2, -0.15) is 5.10 Å². The number of halogens is 1. The van der Waals surface area contributed by atoms with Crippen LogP contribution in [0.2, 0.25) is 0 Å². The lowest BCUT2D eigenvalue weighted by atomic mass is 10.1. The normalized spacial score (nSPS) is 11.0. The number of amides is 1. The first-order chi connectivity index (χ1) is 13.1. The van der Waals surface area contributed by atoms with Gasteiger partial charge < -0.3 is 5.32 Å². The molecule has 0 unspecified atom stereocenters. The summed E-state index contributed by atoms with van der Waals surface area (Å²) in [5, 5.41) is 10.5. The van der Waals surface area contributed by atoms with Crippen molar-refractivity contribution in [3.63, 3.8) is 0 Å². The molecule has 0 saturated carbocycles. The molecule has 2 aromatic carbocycles. The SMILES string of the molecule is Cc1c(C(=O)NCCc2csc3ccccc23)cnn1-c1ccccc1F. The highest BCUT2D eigenvalue weighted by molar-refractivity contribution is 7.17. The standard InChI is InChI=1S/C21H18FN3OS/c1-14-17(12-24-25(14)19-8-4-3-7-18(19)22)21(26)23-11-10-15-13-27-20-9-5-2-6-16(15)20/h2-9,12-13H,10-11H2,1H3,(H,23,26). The highest BCUT2D eigenvalue weighted by atomic mass is 32.1. The van der Waals surface area contributed by atoms with Crippen LogP contribution in [-0.4, -0.2) is 22.2 Å². The fraction of sp³-hybridized carbons (Fsp3) is 0.143. The van der Waals surface area contributed by atoms with E-state index < -0.39 is 0 Å². The summed E-state index contributed by atoms with van der Waals surface area (Å²) >= 11 is 1.71. The van der Waals surface area contributed by atoms with E-state index in [2.05, 4.69) is 27.9 Å². The minimum Gasteiger partial charge on any atom is -0.352 e. The first kappa shape index (κ1) is 17.4. The summed E-state index contributed by atoms with van der Waals surface area (Å²) in [6.07, 6.45) is 2.24. The first-order valence-corrected chi connectivity index (χ1v) is 9.56. The Morgan fingerprint density at radius 3 is 2.81 bits per heavy atom. The molecular weight excluding hydrogens is 361 g/mol. The fourth-order valence-electron chi connectivity index (χ4n) is 3.13. The van der Waals surface area contributed by atoms with Gasteiger partial charge in [0.2, 0.25) is 0 Å². The number of benzene rings is 2. The molecule has 1 amide bonds. The van der Waals surface area contributed by atoms with Crippen molar-refractivity contribution in [3.8, 4) is 5.69 Å². The number of carbonyl (C=O) groups is 1. The summed E-state index contributed by atoms with van der Waals surface area (Å²) in [6, 6.07) is 14.6. The maximum atomic E-state index is 14.0. The monoisotopic (exact) mass is 379 g/mol. The van der Waals surface area contributed by atoms with E-state index in [-0.39, 0.29) is 11.7 Å². The lowest BCUT2D eigenvalue weighted by Gasteiger charge is -2.07. The van der Waals surface area contributed by atoms with Crippen LogP contribution in [0, 0.1) is 12.7 Å². The lowest BCUT2D eigenvalue weighted by molar-refractivity contribution is 0.0953. The Balaban J connectivity index is 1.45. The Hall–Kier alpha value is -2.99. The molecular formula is C21H18FN3OS. The van der Waals surface area contributed by atoms with Gasteiger partial charge in [0.25, 0.3) is 5.91 Å². The van der Waals surface area contributed by atoms with Gasteiger partial charge in [0.15, 0.2) is 0 Å². The molecule has 27 heavy (non-hydrogen) atoms. The van der Waals surface area contributed by atoms with E-state index in [0.29, 0.717) is 23.5 Å². The smallest absolute Gasteiger partial charge is 0.254 e. The quantitative estimate of drug-likeness (QED) is 0.555. The van der Waals surface area contributed by atoms with Crippen molar-refractivity contribution in [2.24, 2.45) is 0 Å². The van der Waals surface area contributed by atoms with Crippen molar-refractivity contribution >= 4 is 27.3 Å². The number of nitrogens with zero attached hydrogens (tertiary/aromatic N) is 2. The summed E-state index contributed by atoms with van der Waals surface area (Å²) in [7, 11) is 0. The van der Waals surface area contributed by atoms with Crippen molar-refractivity contribution < 1.29 is 9.18 Å². The zero-order chi connectivity index (χ0) is 18.8. The molecule has 0 radical (unpaired) electrons. The molecule has 4 nitrogen and oxygen atoms in total. The Morgan fingerprint density at radius 2 is 1.96 bits per heavy atom. The molecule has 0 aliphatic rings. The van der Waals surface area contributed by atoms with Gasteiger partial charge in [0, 0.05) is 11.2 Å². The molecule has 0 fully saturated rings. The minimum atomic E-state index is -0.375. The Morgan fingerprint density at radius 1 is 1.19 bits per heavy atom. The fourth-order valence-corrected chi connectivity index (χ4v) is 4.13. The highest BCUT2D eigenvalue weighted by Crippen LogP contribution is 2.25. The van der Waals surface area contributed by atoms with Gasteiger partial charge in [-0.15, -0.1) is 11.3 Å². The molecule has 0 aliphatic carbocycles. The van der Waals surface area contributed by atoms with Crippen LogP contribution in [0.1, 0.15) is 21.6 Å². The van der Waals surface area contributed by atoms with E-state index in [4.69, 9.17) is 0 Å². The summed E-state index contributed by atoms with van der Waals surface area (Å²) < 4.78 is 16.7. The van der Waals surface area contributed by atoms with E-state index in [1.54, 1.807) is 36.5 Å². The number of fused-ring (bicyclic) bond motifs is 1. The second kappa shape index (κ2) is 7.32. The number of rotatable bonds is 5. The maximum Gasteiger partial charge on any atom is 0.254 e. The van der Waals surface area contributed by atoms with E-state index in [1.165, 1.54) is 32.6 Å². The van der Waals surface area contributed by atoms with E-state index in [0.717, 1.165) is 6.42 Å². The summed E-state index contributed by atoms with van der Waals surface area (Å²) in [6.45, 7) is 2.30. The van der Waals surface area contributed by atoms with E-state index in [9.17, 15) is 9.18 Å². The number of carbonyl (C=O) groups excluding carboxylic acids is 1. The first-order valence-electron chi connectivity index (χ1n) is 8.68. The third-order valence-corrected chi connectivity index (χ3v) is 5.59. The molecule has 2 aromatic heterocycles. The van der Waals surface area contributed by atoms with E-state index in [1.807, 2.05) is 12.1 Å². The Bertz CT molecular complexity index is 1120. The van der Waals surface area contributed by atoms with Gasteiger partial charge in [-0.05, 0) is 47.9 Å². The lowest BCUT2D eigenvalue weighted by Crippen LogP contribution is -2.26. The zero-order valence-electron chi connectivity index (χ0n) is 14.8. The van der Waals surface area contributed by atoms with Crippen LogP contribution in [0.5, 0.6) is 0 Å². The summed E-state index contributed by atoms with van der Waals surface area (Å²) in [4.78, 5) is 12.5. The van der Waals surface area contributed by atoms with E-state index >= 15 is 0 Å². The van der Waals surface area contributed by atoms with Crippen LogP contribution in [0.4, 0.5) is 4.39 Å². The Labute approximate surface area is 160 Å². The van der Waals surface area contributed by atoms with Crippen molar-refractivity contribution in [2.75, 3.05) is 6.54 Å². The van der Waals surface area contributed by atoms with Crippen LogP contribution < -0.4 is 5.32 Å². The number of hydrogen-bond donors (Lipinski definition) is 1. The molecule has 0 saturated heterocycles. The van der Waals surface area contributed by atoms with Crippen LogP contribution in [0.25, 0.3) is 15.8 Å².